The second-order valence-corrected chi connectivity index (χ2v) is 6.57. The predicted molar refractivity (Wildman–Crippen MR) is 102 cm³/mol. The molecule has 2 aromatic carbocycles. The van der Waals surface area contributed by atoms with Gasteiger partial charge >= 0.3 is 0 Å². The fourth-order valence-corrected chi connectivity index (χ4v) is 2.27. The smallest absolute Gasteiger partial charge is 0.197 e. The summed E-state index contributed by atoms with van der Waals surface area (Å²) < 4.78 is 5.72. The van der Waals surface area contributed by atoms with E-state index in [1.54, 1.807) is 62.4 Å². The molecule has 0 radical (unpaired) electrons. The highest BCUT2D eigenvalue weighted by atomic mass is 35.5. The van der Waals surface area contributed by atoms with Crippen LogP contribution in [0.1, 0.15) is 29.8 Å². The Morgan fingerprint density at radius 2 is 1.50 bits per heavy atom. The van der Waals surface area contributed by atoms with E-state index in [0.717, 1.165) is 0 Å². The first-order valence-electron chi connectivity index (χ1n) is 7.87. The van der Waals surface area contributed by atoms with E-state index < -0.39 is 5.60 Å². The largest absolute Gasteiger partial charge is 0.480 e. The van der Waals surface area contributed by atoms with Gasteiger partial charge in [-0.1, -0.05) is 11.6 Å². The maximum Gasteiger partial charge on any atom is 0.197 e. The van der Waals surface area contributed by atoms with E-state index in [1.807, 2.05) is 0 Å². The number of halogens is 1. The molecule has 7 heteroatoms. The fraction of sp³-hybridized carbons (Fsp3) is 0.211. The molecule has 0 heterocycles. The predicted octanol–water partition coefficient (Wildman–Crippen LogP) is 2.57. The summed E-state index contributed by atoms with van der Waals surface area (Å²) in [7, 11) is 0. The van der Waals surface area contributed by atoms with Gasteiger partial charge in [0.2, 0.25) is 0 Å². The Labute approximate surface area is 156 Å². The van der Waals surface area contributed by atoms with E-state index in [4.69, 9.17) is 27.8 Å². The number of guanidine groups is 1. The second-order valence-electron chi connectivity index (χ2n) is 6.14. The van der Waals surface area contributed by atoms with Crippen molar-refractivity contribution >= 4 is 29.1 Å². The van der Waals surface area contributed by atoms with Crippen molar-refractivity contribution in [3.05, 3.63) is 64.7 Å². The van der Waals surface area contributed by atoms with Crippen LogP contribution in [0.3, 0.4) is 0 Å². The molecule has 0 saturated carbocycles. The number of nitrogens with two attached hydrogens (primary N) is 2. The molecule has 6 nitrogen and oxygen atoms in total. The lowest BCUT2D eigenvalue weighted by molar-refractivity contribution is -0.130. The molecule has 0 bridgehead atoms. The van der Waals surface area contributed by atoms with Crippen LogP contribution in [0.2, 0.25) is 5.02 Å². The Morgan fingerprint density at radius 1 is 1.00 bits per heavy atom. The zero-order valence-corrected chi connectivity index (χ0v) is 15.3. The average molecular weight is 374 g/mol. The molecule has 0 spiro atoms. The summed E-state index contributed by atoms with van der Waals surface area (Å²) in [6, 6.07) is 13.2. The van der Waals surface area contributed by atoms with E-state index in [2.05, 4.69) is 4.99 Å². The molecule has 0 aliphatic rings. The average Bonchev–Trinajstić information content (AvgIpc) is 2.60. The Balaban J connectivity index is 2.09. The topological polar surface area (TPSA) is 108 Å². The fourth-order valence-electron chi connectivity index (χ4n) is 2.15. The molecule has 0 unspecified atom stereocenters. The number of carbonyl (C=O) groups excluding carboxylic acids is 2. The summed E-state index contributed by atoms with van der Waals surface area (Å²) in [4.78, 5) is 28.3. The molecule has 136 valence electrons. The summed E-state index contributed by atoms with van der Waals surface area (Å²) in [5.74, 6) is -0.0940. The van der Waals surface area contributed by atoms with Crippen LogP contribution in [0, 0.1) is 0 Å². The first-order chi connectivity index (χ1) is 12.2. The number of nitrogens with zero attached hydrogens (tertiary/aromatic N) is 1. The van der Waals surface area contributed by atoms with Gasteiger partial charge in [0.15, 0.2) is 23.1 Å². The molecule has 0 amide bonds. The maximum absolute atomic E-state index is 12.4. The number of aliphatic imine (C=N–C) groups is 1. The number of ether oxygens (including phenoxy) is 1. The van der Waals surface area contributed by atoms with Gasteiger partial charge in [-0.15, -0.1) is 0 Å². The van der Waals surface area contributed by atoms with Crippen LogP contribution in [0.5, 0.6) is 5.75 Å². The molecule has 4 N–H and O–H groups in total. The molecular weight excluding hydrogens is 354 g/mol. The monoisotopic (exact) mass is 373 g/mol. The van der Waals surface area contributed by atoms with Gasteiger partial charge in [-0.05, 0) is 62.4 Å². The number of hydrogen-bond donors (Lipinski definition) is 2. The molecule has 0 atom stereocenters. The number of Topliss-reactive ketones (excluding diaryl/α,β-unsaturated/α-hetero) is 1. The SMILES string of the molecule is CC(C)(Oc1ccc(C(=O)c2ccc(Cl)cc2)cc1)C(=O)CN=C(N)N. The lowest BCUT2D eigenvalue weighted by Crippen LogP contribution is -2.40. The molecule has 0 saturated heterocycles. The molecule has 2 rings (SSSR count). The van der Waals surface area contributed by atoms with E-state index in [0.29, 0.717) is 21.9 Å². The molecule has 0 fully saturated rings. The summed E-state index contributed by atoms with van der Waals surface area (Å²) in [5.41, 5.74) is 10.4. The number of rotatable bonds is 7. The van der Waals surface area contributed by atoms with Gasteiger partial charge in [-0.2, -0.15) is 0 Å². The highest BCUT2D eigenvalue weighted by molar-refractivity contribution is 6.30. The zero-order valence-electron chi connectivity index (χ0n) is 14.5. The standard InChI is InChI=1S/C19H20ClN3O3/c1-19(2,16(24)11-23-18(21)22)26-15-9-5-13(6-10-15)17(25)12-3-7-14(20)8-4-12/h3-10H,11H2,1-2H3,(H4,21,22,23). The van der Waals surface area contributed by atoms with Crippen molar-refractivity contribution in [1.29, 1.82) is 0 Å². The van der Waals surface area contributed by atoms with Crippen molar-refractivity contribution in [2.75, 3.05) is 6.54 Å². The Hall–Kier alpha value is -2.86. The first kappa shape index (κ1) is 19.5. The normalized spacial score (nSPS) is 10.9. The maximum atomic E-state index is 12.4. The number of ketones is 2. The third-order valence-electron chi connectivity index (χ3n) is 3.67. The van der Waals surface area contributed by atoms with E-state index in [-0.39, 0.29) is 24.1 Å². The van der Waals surface area contributed by atoms with Crippen molar-refractivity contribution in [2.45, 2.75) is 19.4 Å². The van der Waals surface area contributed by atoms with Crippen molar-refractivity contribution in [3.63, 3.8) is 0 Å². The van der Waals surface area contributed by atoms with Gasteiger partial charge < -0.3 is 16.2 Å². The van der Waals surface area contributed by atoms with Crippen LogP contribution in [0.25, 0.3) is 0 Å². The Morgan fingerprint density at radius 3 is 2.00 bits per heavy atom. The van der Waals surface area contributed by atoms with Gasteiger partial charge in [-0.25, -0.2) is 4.99 Å². The van der Waals surface area contributed by atoms with Crippen molar-refractivity contribution in [2.24, 2.45) is 16.5 Å². The Bertz CT molecular complexity index is 824. The van der Waals surface area contributed by atoms with Crippen LogP contribution >= 0.6 is 11.6 Å². The van der Waals surface area contributed by atoms with Crippen molar-refractivity contribution < 1.29 is 14.3 Å². The minimum absolute atomic E-state index is 0.128. The molecule has 0 aliphatic carbocycles. The van der Waals surface area contributed by atoms with E-state index >= 15 is 0 Å². The van der Waals surface area contributed by atoms with Crippen LogP contribution in [-0.4, -0.2) is 29.7 Å². The van der Waals surface area contributed by atoms with Crippen LogP contribution in [-0.2, 0) is 4.79 Å². The Kier molecular flexibility index (Phi) is 6.00. The van der Waals surface area contributed by atoms with E-state index in [1.165, 1.54) is 0 Å². The van der Waals surface area contributed by atoms with Crippen molar-refractivity contribution in [3.8, 4) is 5.75 Å². The van der Waals surface area contributed by atoms with Crippen LogP contribution in [0.4, 0.5) is 0 Å². The summed E-state index contributed by atoms with van der Waals surface area (Å²) >= 11 is 5.83. The van der Waals surface area contributed by atoms with Gasteiger partial charge in [0.05, 0.1) is 0 Å². The van der Waals surface area contributed by atoms with Crippen LogP contribution in [0.15, 0.2) is 53.5 Å². The highest BCUT2D eigenvalue weighted by Crippen LogP contribution is 2.21. The molecule has 0 aromatic heterocycles. The van der Waals surface area contributed by atoms with Gasteiger partial charge in [0.1, 0.15) is 12.3 Å². The quantitative estimate of drug-likeness (QED) is 0.440. The summed E-state index contributed by atoms with van der Waals surface area (Å²) in [6.45, 7) is 3.09. The third kappa shape index (κ3) is 5.07. The number of hydrogen-bond acceptors (Lipinski definition) is 4. The lowest BCUT2D eigenvalue weighted by atomic mass is 10.0. The second kappa shape index (κ2) is 8.01. The summed E-state index contributed by atoms with van der Waals surface area (Å²) in [5, 5.41) is 0.568. The number of carbonyl (C=O) groups is 2. The van der Waals surface area contributed by atoms with Crippen LogP contribution < -0.4 is 16.2 Å². The first-order valence-corrected chi connectivity index (χ1v) is 8.25. The minimum Gasteiger partial charge on any atom is -0.480 e. The molecule has 26 heavy (non-hydrogen) atoms. The van der Waals surface area contributed by atoms with Gasteiger partial charge in [0, 0.05) is 16.1 Å². The minimum atomic E-state index is -1.11. The third-order valence-corrected chi connectivity index (χ3v) is 3.92. The molecule has 0 aliphatic heterocycles. The van der Waals surface area contributed by atoms with Crippen molar-refractivity contribution in [1.82, 2.24) is 0 Å². The summed E-state index contributed by atoms with van der Waals surface area (Å²) in [6.07, 6.45) is 0. The van der Waals surface area contributed by atoms with E-state index in [9.17, 15) is 9.59 Å². The molecule has 2 aromatic rings. The van der Waals surface area contributed by atoms with Gasteiger partial charge in [-0.3, -0.25) is 9.59 Å². The highest BCUT2D eigenvalue weighted by Gasteiger charge is 2.29. The molecular formula is C19H20ClN3O3. The van der Waals surface area contributed by atoms with Gasteiger partial charge in [0.25, 0.3) is 0 Å². The lowest BCUT2D eigenvalue weighted by Gasteiger charge is -2.24. The number of benzene rings is 2. The zero-order chi connectivity index (χ0) is 19.3.